The molecule has 110 valence electrons. The summed E-state index contributed by atoms with van der Waals surface area (Å²) in [5, 5.41) is 0. The Morgan fingerprint density at radius 3 is 2.15 bits per heavy atom. The molecular weight excluding hydrogens is 272 g/mol. The number of Topliss-reactive ketones (excluding diaryl/α,β-unsaturated/α-hetero) is 1. The van der Waals surface area contributed by atoms with E-state index in [4.69, 9.17) is 4.74 Å². The zero-order chi connectivity index (χ0) is 15.2. The highest BCUT2D eigenvalue weighted by molar-refractivity contribution is 7.81. The fourth-order valence-electron chi connectivity index (χ4n) is 1.75. The summed E-state index contributed by atoms with van der Waals surface area (Å²) >= 11 is 3.96. The van der Waals surface area contributed by atoms with Crippen molar-refractivity contribution in [3.05, 3.63) is 35.4 Å². The van der Waals surface area contributed by atoms with E-state index in [0.29, 0.717) is 19.3 Å². The van der Waals surface area contributed by atoms with E-state index >= 15 is 0 Å². The Labute approximate surface area is 126 Å². The van der Waals surface area contributed by atoms with E-state index in [1.54, 1.807) is 0 Å². The van der Waals surface area contributed by atoms with Crippen molar-refractivity contribution in [2.75, 3.05) is 5.75 Å². The summed E-state index contributed by atoms with van der Waals surface area (Å²) < 4.78 is 5.26. The van der Waals surface area contributed by atoms with Crippen LogP contribution in [-0.2, 0) is 27.2 Å². The highest BCUT2D eigenvalue weighted by Gasteiger charge is 2.15. The van der Waals surface area contributed by atoms with Gasteiger partial charge in [0.1, 0.15) is 11.4 Å². The fraction of sp³-hybridized carbons (Fsp3) is 0.500. The summed E-state index contributed by atoms with van der Waals surface area (Å²) in [5.74, 6) is 0.182. The van der Waals surface area contributed by atoms with E-state index in [0.717, 1.165) is 11.1 Å². The molecule has 0 fully saturated rings. The monoisotopic (exact) mass is 294 g/mol. The lowest BCUT2D eigenvalue weighted by molar-refractivity contribution is -0.154. The first-order valence-electron chi connectivity index (χ1n) is 6.72. The van der Waals surface area contributed by atoms with Gasteiger partial charge in [-0.1, -0.05) is 24.3 Å². The highest BCUT2D eigenvalue weighted by Crippen LogP contribution is 2.12. The third-order valence-electron chi connectivity index (χ3n) is 2.64. The zero-order valence-corrected chi connectivity index (χ0v) is 13.2. The van der Waals surface area contributed by atoms with Gasteiger partial charge in [-0.25, -0.2) is 0 Å². The van der Waals surface area contributed by atoms with Crippen molar-refractivity contribution in [2.45, 2.75) is 45.6 Å². The van der Waals surface area contributed by atoms with Crippen molar-refractivity contribution in [3.63, 3.8) is 0 Å². The van der Waals surface area contributed by atoms with Crippen LogP contribution in [0.5, 0.6) is 0 Å². The number of esters is 1. The first-order chi connectivity index (χ1) is 9.30. The number of rotatable bonds is 6. The summed E-state index contributed by atoms with van der Waals surface area (Å²) in [6, 6.07) is 7.74. The van der Waals surface area contributed by atoms with Crippen molar-refractivity contribution in [2.24, 2.45) is 0 Å². The molecule has 0 N–H and O–H groups in total. The van der Waals surface area contributed by atoms with Crippen molar-refractivity contribution in [1.29, 1.82) is 0 Å². The first-order valence-corrected chi connectivity index (χ1v) is 7.35. The van der Waals surface area contributed by atoms with E-state index in [1.165, 1.54) is 0 Å². The van der Waals surface area contributed by atoms with Gasteiger partial charge < -0.3 is 4.74 Å². The minimum atomic E-state index is -0.436. The fourth-order valence-corrected chi connectivity index (χ4v) is 1.86. The van der Waals surface area contributed by atoms with Crippen molar-refractivity contribution >= 4 is 24.4 Å². The Bertz CT molecular complexity index is 458. The van der Waals surface area contributed by atoms with Gasteiger partial charge in [-0.2, -0.15) is 12.6 Å². The van der Waals surface area contributed by atoms with Crippen LogP contribution in [-0.4, -0.2) is 23.1 Å². The third-order valence-corrected chi connectivity index (χ3v) is 2.99. The first kappa shape index (κ1) is 16.8. The summed E-state index contributed by atoms with van der Waals surface area (Å²) in [6.07, 6.45) is 1.43. The molecule has 20 heavy (non-hydrogen) atoms. The Morgan fingerprint density at radius 1 is 1.10 bits per heavy atom. The second kappa shape index (κ2) is 7.48. The molecule has 0 aliphatic carbocycles. The lowest BCUT2D eigenvalue weighted by Crippen LogP contribution is -2.24. The average Bonchev–Trinajstić information content (AvgIpc) is 2.36. The predicted octanol–water partition coefficient (Wildman–Crippen LogP) is 3.00. The summed E-state index contributed by atoms with van der Waals surface area (Å²) in [7, 11) is 0. The van der Waals surface area contributed by atoms with Crippen LogP contribution in [0.25, 0.3) is 0 Å². The maximum absolute atomic E-state index is 11.6. The number of hydrogen-bond acceptors (Lipinski definition) is 4. The molecule has 0 spiro atoms. The smallest absolute Gasteiger partial charge is 0.306 e. The quantitative estimate of drug-likeness (QED) is 0.648. The number of hydrogen-bond donors (Lipinski definition) is 1. The Kier molecular flexibility index (Phi) is 6.27. The molecule has 0 bridgehead atoms. The molecule has 0 amide bonds. The second-order valence-electron chi connectivity index (χ2n) is 5.78. The van der Waals surface area contributed by atoms with E-state index in [2.05, 4.69) is 12.6 Å². The van der Waals surface area contributed by atoms with Crippen LogP contribution in [0.3, 0.4) is 0 Å². The molecule has 1 aromatic carbocycles. The molecule has 0 aliphatic heterocycles. The minimum absolute atomic E-state index is 0.106. The van der Waals surface area contributed by atoms with E-state index < -0.39 is 5.60 Å². The van der Waals surface area contributed by atoms with Gasteiger partial charge in [-0.15, -0.1) is 0 Å². The summed E-state index contributed by atoms with van der Waals surface area (Å²) in [6.45, 7) is 5.58. The van der Waals surface area contributed by atoms with Crippen molar-refractivity contribution < 1.29 is 14.3 Å². The molecule has 0 saturated heterocycles. The van der Waals surface area contributed by atoms with E-state index in [-0.39, 0.29) is 17.5 Å². The molecule has 3 nitrogen and oxygen atoms in total. The molecule has 0 aromatic heterocycles. The maximum atomic E-state index is 11.6. The van der Waals surface area contributed by atoms with Gasteiger partial charge in [-0.3, -0.25) is 9.59 Å². The molecule has 0 radical (unpaired) electrons. The van der Waals surface area contributed by atoms with Crippen molar-refractivity contribution in [1.82, 2.24) is 0 Å². The number of benzene rings is 1. The summed E-state index contributed by atoms with van der Waals surface area (Å²) in [5.41, 5.74) is 1.61. The minimum Gasteiger partial charge on any atom is -0.460 e. The zero-order valence-electron chi connectivity index (χ0n) is 12.3. The summed E-state index contributed by atoms with van der Waals surface area (Å²) in [4.78, 5) is 22.9. The SMILES string of the molecule is CC(C)(C)OC(=O)CCc1ccc(CC(=O)CS)cc1. The molecule has 0 unspecified atom stereocenters. The van der Waals surface area contributed by atoms with Gasteiger partial charge in [0.2, 0.25) is 0 Å². The van der Waals surface area contributed by atoms with Crippen LogP contribution in [0, 0.1) is 0 Å². The van der Waals surface area contributed by atoms with Crippen LogP contribution in [0.1, 0.15) is 38.3 Å². The largest absolute Gasteiger partial charge is 0.460 e. The number of thiol groups is 1. The lowest BCUT2D eigenvalue weighted by atomic mass is 10.0. The third kappa shape index (κ3) is 6.75. The molecule has 0 atom stereocenters. The maximum Gasteiger partial charge on any atom is 0.306 e. The second-order valence-corrected chi connectivity index (χ2v) is 6.09. The predicted molar refractivity (Wildman–Crippen MR) is 83.2 cm³/mol. The van der Waals surface area contributed by atoms with Gasteiger partial charge in [0.15, 0.2) is 0 Å². The molecule has 0 saturated carbocycles. The van der Waals surface area contributed by atoms with Crippen LogP contribution in [0.2, 0.25) is 0 Å². The Balaban J connectivity index is 2.46. The molecule has 4 heteroatoms. The van der Waals surface area contributed by atoms with Gasteiger partial charge in [0.25, 0.3) is 0 Å². The molecular formula is C16H22O3S. The molecule has 1 rings (SSSR count). The Morgan fingerprint density at radius 2 is 1.65 bits per heavy atom. The van der Waals surface area contributed by atoms with Gasteiger partial charge in [-0.05, 0) is 38.3 Å². The lowest BCUT2D eigenvalue weighted by Gasteiger charge is -2.19. The molecule has 0 heterocycles. The molecule has 1 aromatic rings. The van der Waals surface area contributed by atoms with E-state index in [1.807, 2.05) is 45.0 Å². The van der Waals surface area contributed by atoms with Crippen LogP contribution in [0.4, 0.5) is 0 Å². The Hall–Kier alpha value is -1.29. The van der Waals surface area contributed by atoms with Crippen LogP contribution >= 0.6 is 12.6 Å². The molecule has 0 aliphatic rings. The number of carbonyl (C=O) groups is 2. The standard InChI is InChI=1S/C16H22O3S/c1-16(2,3)19-15(18)9-8-12-4-6-13(7-5-12)10-14(17)11-20/h4-7,20H,8-11H2,1-3H3. The number of aryl methyl sites for hydroxylation is 1. The van der Waals surface area contributed by atoms with Crippen molar-refractivity contribution in [3.8, 4) is 0 Å². The average molecular weight is 294 g/mol. The number of ether oxygens (including phenoxy) is 1. The van der Waals surface area contributed by atoms with Crippen LogP contribution < -0.4 is 0 Å². The van der Waals surface area contributed by atoms with Crippen LogP contribution in [0.15, 0.2) is 24.3 Å². The van der Waals surface area contributed by atoms with Gasteiger partial charge in [0, 0.05) is 18.6 Å². The number of carbonyl (C=O) groups excluding carboxylic acids is 2. The van der Waals surface area contributed by atoms with Gasteiger partial charge >= 0.3 is 5.97 Å². The normalized spacial score (nSPS) is 11.2. The topological polar surface area (TPSA) is 43.4 Å². The van der Waals surface area contributed by atoms with Gasteiger partial charge in [0.05, 0.1) is 0 Å². The van der Waals surface area contributed by atoms with E-state index in [9.17, 15) is 9.59 Å². The highest BCUT2D eigenvalue weighted by atomic mass is 32.1. The number of ketones is 1.